The minimum Gasteiger partial charge on any atom is -0.461 e. The van der Waals surface area contributed by atoms with Crippen LogP contribution in [0.25, 0.3) is 0 Å². The second kappa shape index (κ2) is 10.6. The fourth-order valence-corrected chi connectivity index (χ4v) is 4.24. The van der Waals surface area contributed by atoms with Crippen LogP contribution in [-0.4, -0.2) is 57.8 Å². The summed E-state index contributed by atoms with van der Waals surface area (Å²) in [4.78, 5) is 18.7. The van der Waals surface area contributed by atoms with E-state index < -0.39 is 29.9 Å². The van der Waals surface area contributed by atoms with Crippen molar-refractivity contribution in [2.45, 2.75) is 109 Å². The molecule has 2 rings (SSSR count). The third kappa shape index (κ3) is 6.73. The van der Waals surface area contributed by atoms with Gasteiger partial charge in [0.1, 0.15) is 12.2 Å². The van der Waals surface area contributed by atoms with Gasteiger partial charge in [0, 0.05) is 11.1 Å². The Morgan fingerprint density at radius 3 is 2.25 bits per heavy atom. The molecule has 3 atom stereocenters. The Kier molecular flexibility index (Phi) is 8.84. The van der Waals surface area contributed by atoms with Crippen molar-refractivity contribution >= 4 is 5.97 Å². The van der Waals surface area contributed by atoms with E-state index in [4.69, 9.17) is 14.3 Å². The average molecular weight is 454 g/mol. The molecular weight excluding hydrogens is 413 g/mol. The standard InChI is InChI=1S/C25H40FNO5/c1-18(2)31-22(29)25(7,26)21(28)20(17-30-16-19-12-9-8-10-13-19)32-27-23(3,4)14-11-15-24(27,5)6/h8-10,12-13,18,20-21,28H,11,14-17H2,1-7H3/t20-,21-,25-/m1/s1. The minimum atomic E-state index is -2.66. The predicted octanol–water partition coefficient (Wildman–Crippen LogP) is 4.59. The summed E-state index contributed by atoms with van der Waals surface area (Å²) in [6.45, 7) is 12.7. The molecule has 1 aliphatic heterocycles. The van der Waals surface area contributed by atoms with Crippen LogP contribution in [0.5, 0.6) is 0 Å². The second-order valence-electron chi connectivity index (χ2n) is 10.4. The molecule has 32 heavy (non-hydrogen) atoms. The first-order valence-electron chi connectivity index (χ1n) is 11.4. The molecule has 182 valence electrons. The number of hydrogen-bond donors (Lipinski definition) is 1. The van der Waals surface area contributed by atoms with Gasteiger partial charge in [0.15, 0.2) is 0 Å². The number of rotatable bonds is 10. The Labute approximate surface area is 192 Å². The van der Waals surface area contributed by atoms with Crippen LogP contribution in [0.2, 0.25) is 0 Å². The third-order valence-electron chi connectivity index (χ3n) is 5.96. The molecule has 1 fully saturated rings. The van der Waals surface area contributed by atoms with Gasteiger partial charge in [0.25, 0.3) is 0 Å². The van der Waals surface area contributed by atoms with E-state index in [0.717, 1.165) is 31.7 Å². The highest BCUT2D eigenvalue weighted by Gasteiger charge is 2.51. The summed E-state index contributed by atoms with van der Waals surface area (Å²) in [7, 11) is 0. The lowest BCUT2D eigenvalue weighted by molar-refractivity contribution is -0.328. The fraction of sp³-hybridized carbons (Fsp3) is 0.720. The number of carbonyl (C=O) groups excluding carboxylic acids is 1. The zero-order chi connectivity index (χ0) is 24.2. The summed E-state index contributed by atoms with van der Waals surface area (Å²) in [6.07, 6.45) is -0.556. The molecule has 1 aliphatic rings. The summed E-state index contributed by atoms with van der Waals surface area (Å²) < 4.78 is 26.4. The van der Waals surface area contributed by atoms with Gasteiger partial charge >= 0.3 is 5.97 Å². The van der Waals surface area contributed by atoms with Gasteiger partial charge in [-0.1, -0.05) is 30.3 Å². The van der Waals surface area contributed by atoms with E-state index in [1.165, 1.54) is 0 Å². The van der Waals surface area contributed by atoms with E-state index in [0.29, 0.717) is 0 Å². The van der Waals surface area contributed by atoms with Crippen LogP contribution < -0.4 is 0 Å². The molecule has 1 N–H and O–H groups in total. The number of ether oxygens (including phenoxy) is 2. The van der Waals surface area contributed by atoms with Crippen molar-refractivity contribution in [2.75, 3.05) is 6.61 Å². The number of piperidine rings is 1. The van der Waals surface area contributed by atoms with E-state index in [2.05, 4.69) is 27.7 Å². The van der Waals surface area contributed by atoms with Crippen molar-refractivity contribution in [1.29, 1.82) is 0 Å². The molecule has 0 amide bonds. The number of halogens is 1. The molecular formula is C25H40FNO5. The SMILES string of the molecule is CC(C)OC(=O)[C@](C)(F)[C@H](O)[C@@H](COCc1ccccc1)ON1C(C)(C)CCCC1(C)C. The molecule has 6 nitrogen and oxygen atoms in total. The van der Waals surface area contributed by atoms with Crippen molar-refractivity contribution < 1.29 is 28.6 Å². The summed E-state index contributed by atoms with van der Waals surface area (Å²) >= 11 is 0. The van der Waals surface area contributed by atoms with E-state index in [9.17, 15) is 9.90 Å². The van der Waals surface area contributed by atoms with Crippen LogP contribution >= 0.6 is 0 Å². The third-order valence-corrected chi connectivity index (χ3v) is 5.96. The van der Waals surface area contributed by atoms with Gasteiger partial charge in [-0.25, -0.2) is 9.18 Å². The summed E-state index contributed by atoms with van der Waals surface area (Å²) in [6, 6.07) is 9.56. The highest BCUT2D eigenvalue weighted by Crippen LogP contribution is 2.39. The first-order chi connectivity index (χ1) is 14.8. The summed E-state index contributed by atoms with van der Waals surface area (Å²) in [5.41, 5.74) is -2.37. The van der Waals surface area contributed by atoms with Crippen molar-refractivity contribution in [1.82, 2.24) is 5.06 Å². The van der Waals surface area contributed by atoms with Crippen LogP contribution in [0.4, 0.5) is 4.39 Å². The molecule has 0 spiro atoms. The lowest BCUT2D eigenvalue weighted by Crippen LogP contribution is -2.62. The molecule has 0 bridgehead atoms. The lowest BCUT2D eigenvalue weighted by Gasteiger charge is -2.53. The highest BCUT2D eigenvalue weighted by molar-refractivity contribution is 5.80. The monoisotopic (exact) mass is 453 g/mol. The number of benzene rings is 1. The van der Waals surface area contributed by atoms with E-state index in [-0.39, 0.29) is 24.3 Å². The molecule has 1 aromatic carbocycles. The minimum absolute atomic E-state index is 0.0901. The van der Waals surface area contributed by atoms with Crippen molar-refractivity contribution in [3.8, 4) is 0 Å². The number of alkyl halides is 1. The summed E-state index contributed by atoms with van der Waals surface area (Å²) in [5.74, 6) is -1.12. The zero-order valence-corrected chi connectivity index (χ0v) is 20.6. The van der Waals surface area contributed by atoms with Crippen molar-refractivity contribution in [3.63, 3.8) is 0 Å². The fourth-order valence-electron chi connectivity index (χ4n) is 4.24. The number of nitrogens with zero attached hydrogens (tertiary/aromatic N) is 1. The van der Waals surface area contributed by atoms with Gasteiger partial charge in [-0.05, 0) is 73.3 Å². The quantitative estimate of drug-likeness (QED) is 0.523. The molecule has 0 aliphatic carbocycles. The Bertz CT molecular complexity index is 719. The lowest BCUT2D eigenvalue weighted by atomic mass is 9.82. The maximum atomic E-state index is 15.5. The Balaban J connectivity index is 2.24. The van der Waals surface area contributed by atoms with Crippen molar-refractivity contribution in [3.05, 3.63) is 35.9 Å². The normalized spacial score (nSPS) is 22.2. The number of carbonyl (C=O) groups is 1. The molecule has 0 unspecified atom stereocenters. The number of aliphatic hydroxyl groups excluding tert-OH is 1. The number of aliphatic hydroxyl groups is 1. The first-order valence-corrected chi connectivity index (χ1v) is 11.4. The summed E-state index contributed by atoms with van der Waals surface area (Å²) in [5, 5.41) is 12.8. The zero-order valence-electron chi connectivity index (χ0n) is 20.6. The Hall–Kier alpha value is -1.54. The van der Waals surface area contributed by atoms with E-state index >= 15 is 4.39 Å². The van der Waals surface area contributed by atoms with Crippen LogP contribution in [0.15, 0.2) is 30.3 Å². The maximum absolute atomic E-state index is 15.5. The largest absolute Gasteiger partial charge is 0.461 e. The predicted molar refractivity (Wildman–Crippen MR) is 122 cm³/mol. The maximum Gasteiger partial charge on any atom is 0.346 e. The smallest absolute Gasteiger partial charge is 0.346 e. The molecule has 0 radical (unpaired) electrons. The van der Waals surface area contributed by atoms with E-state index in [1.807, 2.05) is 35.4 Å². The molecule has 1 heterocycles. The second-order valence-corrected chi connectivity index (χ2v) is 10.4. The number of hydrogen-bond acceptors (Lipinski definition) is 6. The van der Waals surface area contributed by atoms with Crippen molar-refractivity contribution in [2.24, 2.45) is 0 Å². The van der Waals surface area contributed by atoms with Gasteiger partial charge in [-0.3, -0.25) is 4.84 Å². The van der Waals surface area contributed by atoms with Crippen LogP contribution in [0, 0.1) is 0 Å². The van der Waals surface area contributed by atoms with Crippen LogP contribution in [0.3, 0.4) is 0 Å². The Morgan fingerprint density at radius 1 is 1.16 bits per heavy atom. The molecule has 1 aromatic rings. The molecule has 1 saturated heterocycles. The van der Waals surface area contributed by atoms with Crippen LogP contribution in [0.1, 0.15) is 73.3 Å². The topological polar surface area (TPSA) is 68.2 Å². The molecule has 7 heteroatoms. The molecule has 0 saturated carbocycles. The van der Waals surface area contributed by atoms with Crippen LogP contribution in [-0.2, 0) is 25.7 Å². The van der Waals surface area contributed by atoms with Gasteiger partial charge < -0.3 is 14.6 Å². The average Bonchev–Trinajstić information content (AvgIpc) is 2.68. The van der Waals surface area contributed by atoms with E-state index in [1.54, 1.807) is 13.8 Å². The number of hydroxylamine groups is 2. The van der Waals surface area contributed by atoms with Gasteiger partial charge in [0.2, 0.25) is 5.67 Å². The number of esters is 1. The Morgan fingerprint density at radius 2 is 1.72 bits per heavy atom. The van der Waals surface area contributed by atoms with Gasteiger partial charge in [0.05, 0.1) is 19.3 Å². The first kappa shape index (κ1) is 26.7. The molecule has 0 aromatic heterocycles. The van der Waals surface area contributed by atoms with Gasteiger partial charge in [-0.2, -0.15) is 5.06 Å². The highest BCUT2D eigenvalue weighted by atomic mass is 19.1. The van der Waals surface area contributed by atoms with Gasteiger partial charge in [-0.15, -0.1) is 0 Å².